The number of carbonyl (C=O) groups excluding carboxylic acids is 5. The highest BCUT2D eigenvalue weighted by atomic mass is 16.5. The molecule has 0 radical (unpaired) electrons. The second kappa shape index (κ2) is 19.4. The number of benzene rings is 3. The van der Waals surface area contributed by atoms with Gasteiger partial charge in [0.25, 0.3) is 11.8 Å². The Balaban J connectivity index is 1.48. The summed E-state index contributed by atoms with van der Waals surface area (Å²) in [5.74, 6) is -2.07. The fourth-order valence-electron chi connectivity index (χ4n) is 6.23. The first-order valence-electron chi connectivity index (χ1n) is 18.5. The number of amides is 5. The molecule has 1 aliphatic rings. The van der Waals surface area contributed by atoms with Gasteiger partial charge in [0.1, 0.15) is 36.2 Å². The topological polar surface area (TPSA) is 215 Å². The van der Waals surface area contributed by atoms with Crippen molar-refractivity contribution in [2.45, 2.75) is 58.3 Å². The first-order chi connectivity index (χ1) is 27.4. The van der Waals surface area contributed by atoms with Crippen molar-refractivity contribution in [3.05, 3.63) is 90.0 Å². The van der Waals surface area contributed by atoms with Crippen LogP contribution in [-0.4, -0.2) is 106 Å². The summed E-state index contributed by atoms with van der Waals surface area (Å²) in [5, 5.41) is 25.8. The fraction of sp³-hybridized carbons (Fsp3) is 0.375. The maximum Gasteiger partial charge on any atom is 0.256 e. The Labute approximate surface area is 330 Å². The van der Waals surface area contributed by atoms with E-state index in [0.29, 0.717) is 46.9 Å². The smallest absolute Gasteiger partial charge is 0.256 e. The summed E-state index contributed by atoms with van der Waals surface area (Å²) in [6.07, 6.45) is 2.22. The summed E-state index contributed by atoms with van der Waals surface area (Å²) in [5.41, 5.74) is 1.44. The molecule has 1 aliphatic heterocycles. The van der Waals surface area contributed by atoms with Gasteiger partial charge in [-0.15, -0.1) is 0 Å². The minimum Gasteiger partial charge on any atom is -0.496 e. The Hall–Kier alpha value is -6.49. The molecule has 1 aromatic heterocycles. The number of ether oxygens (including phenoxy) is 3. The molecule has 0 spiro atoms. The number of nitrogens with zero attached hydrogens (tertiary/aromatic N) is 4. The number of aliphatic hydroxyl groups is 1. The summed E-state index contributed by atoms with van der Waals surface area (Å²) in [6.45, 7) is 4.59. The highest BCUT2D eigenvalue weighted by Crippen LogP contribution is 2.37. The second-order valence-electron chi connectivity index (χ2n) is 13.7. The molecule has 302 valence electrons. The Bertz CT molecular complexity index is 2050. The van der Waals surface area contributed by atoms with Crippen molar-refractivity contribution >= 4 is 29.5 Å². The van der Waals surface area contributed by atoms with E-state index in [2.05, 4.69) is 31.3 Å². The molecule has 0 saturated heterocycles. The SMILES string of the molecule is COc1ccc2cc1Oc1cccc(OC)c1CNC(=O)[C@@H](C(C)C)NC(=O)[C@H]([C@@H](C)O)NC(=O)CN(C(=O)c1ccccc1-n1cncn1)CCCCNC2=O. The van der Waals surface area contributed by atoms with E-state index < -0.39 is 54.3 Å². The minimum atomic E-state index is -1.47. The van der Waals surface area contributed by atoms with Gasteiger partial charge in [0.15, 0.2) is 11.5 Å². The van der Waals surface area contributed by atoms with E-state index in [1.165, 1.54) is 43.4 Å². The molecule has 0 unspecified atom stereocenters. The van der Waals surface area contributed by atoms with Gasteiger partial charge in [-0.3, -0.25) is 24.0 Å². The van der Waals surface area contributed by atoms with Gasteiger partial charge in [-0.05, 0) is 68.1 Å². The molecule has 17 heteroatoms. The molecule has 3 aromatic carbocycles. The molecule has 0 aliphatic carbocycles. The molecule has 0 fully saturated rings. The van der Waals surface area contributed by atoms with Gasteiger partial charge in [-0.1, -0.05) is 32.0 Å². The van der Waals surface area contributed by atoms with Crippen LogP contribution in [0.15, 0.2) is 73.3 Å². The molecular formula is C40H48N8O9. The predicted molar refractivity (Wildman–Crippen MR) is 207 cm³/mol. The maximum absolute atomic E-state index is 14.1. The molecule has 5 rings (SSSR count). The van der Waals surface area contributed by atoms with Crippen LogP contribution < -0.4 is 35.5 Å². The molecule has 2 heterocycles. The predicted octanol–water partition coefficient (Wildman–Crippen LogP) is 2.37. The molecule has 0 saturated carbocycles. The Morgan fingerprint density at radius 3 is 2.35 bits per heavy atom. The van der Waals surface area contributed by atoms with Gasteiger partial charge in [0, 0.05) is 18.7 Å². The molecule has 57 heavy (non-hydrogen) atoms. The van der Waals surface area contributed by atoms with Crippen LogP contribution >= 0.6 is 0 Å². The van der Waals surface area contributed by atoms with E-state index in [4.69, 9.17) is 14.2 Å². The number of para-hydroxylation sites is 1. The number of fused-ring (bicyclic) bond motifs is 3. The average Bonchev–Trinajstić information content (AvgIpc) is 3.75. The lowest BCUT2D eigenvalue weighted by molar-refractivity contribution is -0.135. The molecule has 5 N–H and O–H groups in total. The molecule has 17 nitrogen and oxygen atoms in total. The Kier molecular flexibility index (Phi) is 14.2. The van der Waals surface area contributed by atoms with Crippen molar-refractivity contribution in [3.8, 4) is 28.7 Å². The number of nitrogens with one attached hydrogen (secondary N) is 4. The normalized spacial score (nSPS) is 18.2. The summed E-state index contributed by atoms with van der Waals surface area (Å²) in [4.78, 5) is 73.7. The highest BCUT2D eigenvalue weighted by molar-refractivity contribution is 6.00. The van der Waals surface area contributed by atoms with Crippen LogP contribution in [0.1, 0.15) is 59.9 Å². The quantitative estimate of drug-likeness (QED) is 0.191. The monoisotopic (exact) mass is 784 g/mol. The van der Waals surface area contributed by atoms with Crippen LogP contribution in [0.4, 0.5) is 0 Å². The van der Waals surface area contributed by atoms with Gasteiger partial charge < -0.3 is 45.5 Å². The standard InChI is InChI=1S/C40H48N8O9/c1-24(2)35-38(52)43-20-28-30(55-4)13-10-14-31(28)57-33-19-26(15-16-32(33)56-5)37(51)42-17-8-9-18-47(21-34(50)45-36(25(3)49)39(53)46-35)40(54)27-11-6-7-12-29(27)48-23-41-22-44-48/h6-7,10-16,19,22-25,35-36,49H,8-9,17-18,20-21H2,1-5H3,(H,42,51)(H,43,52)(H,45,50)(H,46,53)/t25-,35-,36+/m1/s1. The first-order valence-corrected chi connectivity index (χ1v) is 18.5. The molecule has 4 aromatic rings. The lowest BCUT2D eigenvalue weighted by Gasteiger charge is -2.28. The van der Waals surface area contributed by atoms with Crippen molar-refractivity contribution in [2.75, 3.05) is 33.9 Å². The molecule has 3 atom stereocenters. The number of aliphatic hydroxyl groups excluding tert-OH is 1. The zero-order chi connectivity index (χ0) is 41.1. The van der Waals surface area contributed by atoms with Gasteiger partial charge in [0.2, 0.25) is 17.7 Å². The van der Waals surface area contributed by atoms with Gasteiger partial charge >= 0.3 is 0 Å². The van der Waals surface area contributed by atoms with Crippen molar-refractivity contribution in [1.82, 2.24) is 40.9 Å². The van der Waals surface area contributed by atoms with Crippen molar-refractivity contribution in [3.63, 3.8) is 0 Å². The van der Waals surface area contributed by atoms with E-state index in [9.17, 15) is 29.1 Å². The van der Waals surface area contributed by atoms with Crippen LogP contribution in [0.2, 0.25) is 0 Å². The summed E-state index contributed by atoms with van der Waals surface area (Å²) in [7, 11) is 2.94. The highest BCUT2D eigenvalue weighted by Gasteiger charge is 2.32. The van der Waals surface area contributed by atoms with E-state index in [1.807, 2.05) is 0 Å². The maximum atomic E-state index is 14.1. The van der Waals surface area contributed by atoms with Crippen molar-refractivity contribution < 1.29 is 43.3 Å². The Morgan fingerprint density at radius 2 is 1.65 bits per heavy atom. The second-order valence-corrected chi connectivity index (χ2v) is 13.7. The lowest BCUT2D eigenvalue weighted by atomic mass is 10.0. The number of rotatable bonds is 6. The van der Waals surface area contributed by atoms with E-state index in [0.717, 1.165) is 0 Å². The summed E-state index contributed by atoms with van der Waals surface area (Å²) in [6, 6.07) is 14.0. The van der Waals surface area contributed by atoms with Gasteiger partial charge in [-0.25, -0.2) is 9.67 Å². The zero-order valence-corrected chi connectivity index (χ0v) is 32.5. The average molecular weight is 785 g/mol. The molecular weight excluding hydrogens is 736 g/mol. The minimum absolute atomic E-state index is 0.0831. The van der Waals surface area contributed by atoms with Crippen LogP contribution in [0.5, 0.6) is 23.0 Å². The van der Waals surface area contributed by atoms with Crippen LogP contribution in [-0.2, 0) is 20.9 Å². The number of methoxy groups -OCH3 is 2. The van der Waals surface area contributed by atoms with Crippen LogP contribution in [0.25, 0.3) is 5.69 Å². The van der Waals surface area contributed by atoms with Crippen molar-refractivity contribution in [2.24, 2.45) is 5.92 Å². The summed E-state index contributed by atoms with van der Waals surface area (Å²) >= 11 is 0. The van der Waals surface area contributed by atoms with Crippen LogP contribution in [0.3, 0.4) is 0 Å². The summed E-state index contributed by atoms with van der Waals surface area (Å²) < 4.78 is 18.8. The number of hydrogen-bond donors (Lipinski definition) is 5. The van der Waals surface area contributed by atoms with E-state index in [1.54, 1.807) is 74.5 Å². The fourth-order valence-corrected chi connectivity index (χ4v) is 6.23. The number of hydrogen-bond acceptors (Lipinski definition) is 11. The van der Waals surface area contributed by atoms with Crippen molar-refractivity contribution in [1.29, 1.82) is 0 Å². The molecule has 2 bridgehead atoms. The van der Waals surface area contributed by atoms with E-state index >= 15 is 0 Å². The Morgan fingerprint density at radius 1 is 0.877 bits per heavy atom. The van der Waals surface area contributed by atoms with E-state index in [-0.39, 0.29) is 36.9 Å². The molecule has 5 amide bonds. The third kappa shape index (κ3) is 10.4. The van der Waals surface area contributed by atoms with Crippen LogP contribution in [0, 0.1) is 5.92 Å². The van der Waals surface area contributed by atoms with Gasteiger partial charge in [-0.2, -0.15) is 5.10 Å². The third-order valence-corrected chi connectivity index (χ3v) is 9.29. The third-order valence-electron chi connectivity index (χ3n) is 9.29. The number of aromatic nitrogens is 3. The largest absolute Gasteiger partial charge is 0.496 e. The van der Waals surface area contributed by atoms with Gasteiger partial charge in [0.05, 0.1) is 50.2 Å². The first kappa shape index (κ1) is 41.7. The lowest BCUT2D eigenvalue weighted by Crippen LogP contribution is -2.59. The number of carbonyl (C=O) groups is 5. The zero-order valence-electron chi connectivity index (χ0n) is 32.5.